The number of rotatable bonds is 7. The van der Waals surface area contributed by atoms with Crippen LogP contribution >= 0.6 is 0 Å². The Bertz CT molecular complexity index is 828. The summed E-state index contributed by atoms with van der Waals surface area (Å²) in [6, 6.07) is 0. The second kappa shape index (κ2) is 7.04. The summed E-state index contributed by atoms with van der Waals surface area (Å²) in [5, 5.41) is 3.13. The number of nitrogens with zero attached hydrogens (tertiary/aromatic N) is 2. The van der Waals surface area contributed by atoms with Crippen LogP contribution in [0.2, 0.25) is 0 Å². The number of aryl methyl sites for hydroxylation is 1. The third-order valence-electron chi connectivity index (χ3n) is 3.37. The van der Waals surface area contributed by atoms with Gasteiger partial charge < -0.3 is 4.52 Å². The molecule has 0 aromatic carbocycles. The van der Waals surface area contributed by atoms with Crippen molar-refractivity contribution < 1.29 is 75.2 Å². The Balaban J connectivity index is 3.48. The second-order valence-electron chi connectivity index (χ2n) is 5.54. The molecule has 20 heteroatoms. The van der Waals surface area contributed by atoms with Crippen LogP contribution in [0.4, 0.5) is 71.8 Å². The van der Waals surface area contributed by atoms with Gasteiger partial charge in [0.05, 0.1) is 0 Å². The summed E-state index contributed by atoms with van der Waals surface area (Å²) in [5.41, 5.74) is 0. The number of aromatic nitrogens is 2. The summed E-state index contributed by atoms with van der Waals surface area (Å²) < 4.78 is 198. The Morgan fingerprint density at radius 2 is 1.10 bits per heavy atom. The van der Waals surface area contributed by atoms with Crippen molar-refractivity contribution in [1.82, 2.24) is 10.1 Å². The maximum atomic E-state index is 13.5. The van der Waals surface area contributed by atoms with Crippen molar-refractivity contribution in [3.63, 3.8) is 0 Å². The largest absolute Gasteiger partial charge is 0.460 e. The molecule has 0 radical (unpaired) electrons. The fraction of sp³-hybridized carbons (Fsp3) is 0.727. The first kappa shape index (κ1) is 26.6. The molecule has 0 bridgehead atoms. The molecule has 31 heavy (non-hydrogen) atoms. The number of halogens is 15. The molecule has 0 saturated heterocycles. The molecule has 1 aromatic rings. The van der Waals surface area contributed by atoms with E-state index < -0.39 is 59.5 Å². The van der Waals surface area contributed by atoms with Crippen molar-refractivity contribution >= 4 is 11.9 Å². The molecule has 0 spiro atoms. The Morgan fingerprint density at radius 3 is 1.45 bits per heavy atom. The maximum Gasteiger partial charge on any atom is 0.460 e. The predicted molar refractivity (Wildman–Crippen MR) is 63.4 cm³/mol. The summed E-state index contributed by atoms with van der Waals surface area (Å²) in [7, 11) is 0. The van der Waals surface area contributed by atoms with Crippen molar-refractivity contribution in [1.29, 1.82) is 0 Å². The average molecular weight is 495 g/mol. The number of carbonyl (C=O) groups is 1. The molecule has 1 rings (SSSR count). The van der Waals surface area contributed by atoms with Crippen molar-refractivity contribution in [2.24, 2.45) is 0 Å². The molecule has 1 heterocycles. The van der Waals surface area contributed by atoms with E-state index >= 15 is 0 Å². The summed E-state index contributed by atoms with van der Waals surface area (Å²) >= 11 is 0. The van der Waals surface area contributed by atoms with E-state index in [9.17, 15) is 70.7 Å². The van der Waals surface area contributed by atoms with Crippen LogP contribution in [-0.4, -0.2) is 57.8 Å². The third-order valence-corrected chi connectivity index (χ3v) is 3.37. The molecular formula is C11H4F15N3O2. The second-order valence-corrected chi connectivity index (χ2v) is 5.54. The highest BCUT2D eigenvalue weighted by Gasteiger charge is 2.94. The van der Waals surface area contributed by atoms with Crippen LogP contribution in [0.15, 0.2) is 4.52 Å². The number of anilines is 1. The highest BCUT2D eigenvalue weighted by molar-refractivity contribution is 5.95. The average Bonchev–Trinajstić information content (AvgIpc) is 2.97. The van der Waals surface area contributed by atoms with Crippen LogP contribution in [0.3, 0.4) is 0 Å². The first-order chi connectivity index (χ1) is 13.4. The van der Waals surface area contributed by atoms with Gasteiger partial charge in [-0.05, 0) is 5.16 Å². The molecule has 5 nitrogen and oxygen atoms in total. The number of carbonyl (C=O) groups excluding carboxylic acids is 1. The SMILES string of the molecule is Cc1nc(NC(=O)C(F)(F)C(F)(F)C(F)(F)C(F)(F)C(F)(F)C(F)(F)C(F)(F)F)no1. The fourth-order valence-electron chi connectivity index (χ4n) is 1.64. The van der Waals surface area contributed by atoms with E-state index in [0.29, 0.717) is 5.32 Å². The van der Waals surface area contributed by atoms with E-state index in [2.05, 4.69) is 14.7 Å². The zero-order chi connectivity index (χ0) is 25.1. The lowest BCUT2D eigenvalue weighted by Gasteiger charge is -2.41. The Labute approximate surface area is 158 Å². The Morgan fingerprint density at radius 1 is 0.710 bits per heavy atom. The molecule has 0 aliphatic heterocycles. The van der Waals surface area contributed by atoms with Crippen LogP contribution in [-0.2, 0) is 4.79 Å². The van der Waals surface area contributed by atoms with E-state index in [4.69, 9.17) is 0 Å². The Kier molecular flexibility index (Phi) is 6.04. The zero-order valence-electron chi connectivity index (χ0n) is 13.9. The van der Waals surface area contributed by atoms with Crippen LogP contribution in [0, 0.1) is 6.92 Å². The van der Waals surface area contributed by atoms with Gasteiger partial charge in [0.15, 0.2) is 0 Å². The minimum atomic E-state index is -8.48. The number of alkyl halides is 15. The number of amides is 1. The van der Waals surface area contributed by atoms with E-state index in [-0.39, 0.29) is 0 Å². The van der Waals surface area contributed by atoms with Crippen molar-refractivity contribution in [2.45, 2.75) is 48.6 Å². The van der Waals surface area contributed by atoms with E-state index in [1.54, 1.807) is 0 Å². The summed E-state index contributed by atoms with van der Waals surface area (Å²) in [6.07, 6.45) is -7.71. The third kappa shape index (κ3) is 3.62. The van der Waals surface area contributed by atoms with Crippen molar-refractivity contribution in [3.8, 4) is 0 Å². The van der Waals surface area contributed by atoms with Gasteiger partial charge in [-0.1, -0.05) is 0 Å². The minimum absolute atomic E-state index is 0.547. The van der Waals surface area contributed by atoms with Gasteiger partial charge in [-0.15, -0.1) is 0 Å². The number of nitrogens with one attached hydrogen (secondary N) is 1. The predicted octanol–water partition coefficient (Wildman–Crippen LogP) is 4.69. The lowest BCUT2D eigenvalue weighted by molar-refractivity contribution is -0.449. The van der Waals surface area contributed by atoms with Gasteiger partial charge in [-0.25, -0.2) is 0 Å². The zero-order valence-corrected chi connectivity index (χ0v) is 13.9. The fourth-order valence-corrected chi connectivity index (χ4v) is 1.64. The van der Waals surface area contributed by atoms with Crippen LogP contribution < -0.4 is 5.32 Å². The normalized spacial score (nSPS) is 15.2. The summed E-state index contributed by atoms with van der Waals surface area (Å²) in [5.74, 6) is -54.0. The summed E-state index contributed by atoms with van der Waals surface area (Å²) in [4.78, 5) is 14.0. The number of hydrogen-bond acceptors (Lipinski definition) is 4. The molecule has 0 fully saturated rings. The first-order valence-electron chi connectivity index (χ1n) is 6.85. The number of hydrogen-bond donors (Lipinski definition) is 1. The first-order valence-corrected chi connectivity index (χ1v) is 6.85. The monoisotopic (exact) mass is 495 g/mol. The highest BCUT2D eigenvalue weighted by atomic mass is 19.4. The highest BCUT2D eigenvalue weighted by Crippen LogP contribution is 2.62. The van der Waals surface area contributed by atoms with Crippen LogP contribution in [0.25, 0.3) is 0 Å². The van der Waals surface area contributed by atoms with Gasteiger partial charge in [0.1, 0.15) is 0 Å². The quantitative estimate of drug-likeness (QED) is 0.558. The molecule has 0 atom stereocenters. The van der Waals surface area contributed by atoms with Gasteiger partial charge in [0.25, 0.3) is 5.95 Å². The van der Waals surface area contributed by atoms with E-state index in [1.165, 1.54) is 0 Å². The molecule has 0 aliphatic rings. The topological polar surface area (TPSA) is 68.0 Å². The van der Waals surface area contributed by atoms with Gasteiger partial charge in [0, 0.05) is 6.92 Å². The molecule has 180 valence electrons. The van der Waals surface area contributed by atoms with Crippen molar-refractivity contribution in [3.05, 3.63) is 5.89 Å². The van der Waals surface area contributed by atoms with Crippen molar-refractivity contribution in [2.75, 3.05) is 5.32 Å². The van der Waals surface area contributed by atoms with E-state index in [1.807, 2.05) is 0 Å². The smallest absolute Gasteiger partial charge is 0.338 e. The standard InChI is InChI=1S/C11H4F15N3O2/c1-2-27-4(29-31-2)28-3(30)5(12,13)6(14,15)7(16,17)8(18,19)9(20,21)10(22,23)11(24,25)26/h1H3,(H,28,29,30). The summed E-state index contributed by atoms with van der Waals surface area (Å²) in [6.45, 7) is 0.910. The molecule has 0 aliphatic carbocycles. The molecule has 0 saturated carbocycles. The lowest BCUT2D eigenvalue weighted by Crippen LogP contribution is -2.73. The maximum absolute atomic E-state index is 13.5. The van der Waals surface area contributed by atoms with Gasteiger partial charge in [-0.2, -0.15) is 70.8 Å². The molecule has 1 N–H and O–H groups in total. The lowest BCUT2D eigenvalue weighted by atomic mass is 9.91. The molecule has 1 amide bonds. The molecule has 1 aromatic heterocycles. The minimum Gasteiger partial charge on any atom is -0.338 e. The Hall–Kier alpha value is -2.44. The van der Waals surface area contributed by atoms with Gasteiger partial charge in [-0.3, -0.25) is 10.1 Å². The molecule has 0 unspecified atom stereocenters. The van der Waals surface area contributed by atoms with Crippen LogP contribution in [0.1, 0.15) is 5.89 Å². The van der Waals surface area contributed by atoms with Gasteiger partial charge >= 0.3 is 47.6 Å². The van der Waals surface area contributed by atoms with Crippen LogP contribution in [0.5, 0.6) is 0 Å². The van der Waals surface area contributed by atoms with Gasteiger partial charge in [0.2, 0.25) is 5.89 Å². The molecular weight excluding hydrogens is 491 g/mol. The van der Waals surface area contributed by atoms with E-state index in [0.717, 1.165) is 6.92 Å².